The first kappa shape index (κ1) is 7.64. The smallest absolute Gasteiger partial charge is 0.0266 e. The van der Waals surface area contributed by atoms with E-state index in [1.807, 2.05) is 0 Å². The van der Waals surface area contributed by atoms with Crippen molar-refractivity contribution >= 4 is 0 Å². The number of fused-ring (bicyclic) bond motifs is 1. The van der Waals surface area contributed by atoms with Gasteiger partial charge >= 0.3 is 0 Å². The third-order valence-electron chi connectivity index (χ3n) is 4.47. The maximum Gasteiger partial charge on any atom is -0.0266 e. The summed E-state index contributed by atoms with van der Waals surface area (Å²) in [5.41, 5.74) is 0.773. The minimum Gasteiger partial charge on any atom is -0.0625 e. The van der Waals surface area contributed by atoms with Crippen LogP contribution < -0.4 is 0 Å². The molecule has 0 spiro atoms. The van der Waals surface area contributed by atoms with Crippen LogP contribution in [0.2, 0.25) is 0 Å². The van der Waals surface area contributed by atoms with E-state index >= 15 is 0 Å². The predicted octanol–water partition coefficient (Wildman–Crippen LogP) is 3.32. The predicted molar refractivity (Wildman–Crippen MR) is 48.3 cm³/mol. The van der Waals surface area contributed by atoms with E-state index in [1.165, 1.54) is 12.8 Å². The van der Waals surface area contributed by atoms with Gasteiger partial charge in [-0.1, -0.05) is 27.7 Å². The Bertz CT molecular complexity index is 171. The van der Waals surface area contributed by atoms with Gasteiger partial charge in [0, 0.05) is 0 Å². The molecule has 2 saturated carbocycles. The molecule has 4 atom stereocenters. The van der Waals surface area contributed by atoms with Gasteiger partial charge in [0.25, 0.3) is 0 Å². The first-order valence-corrected chi connectivity index (χ1v) is 5.05. The molecule has 0 heterocycles. The van der Waals surface area contributed by atoms with E-state index in [1.54, 1.807) is 0 Å². The first-order chi connectivity index (χ1) is 5.05. The summed E-state index contributed by atoms with van der Waals surface area (Å²) < 4.78 is 0. The molecule has 0 aromatic rings. The van der Waals surface area contributed by atoms with Crippen molar-refractivity contribution in [2.75, 3.05) is 0 Å². The monoisotopic (exact) mass is 152 g/mol. The Hall–Kier alpha value is 0. The van der Waals surface area contributed by atoms with Crippen LogP contribution in [0, 0.1) is 29.1 Å². The van der Waals surface area contributed by atoms with E-state index in [2.05, 4.69) is 27.7 Å². The van der Waals surface area contributed by atoms with Crippen molar-refractivity contribution in [1.29, 1.82) is 0 Å². The minimum atomic E-state index is 0.773. The Kier molecular flexibility index (Phi) is 1.41. The summed E-state index contributed by atoms with van der Waals surface area (Å²) in [6, 6.07) is 0. The van der Waals surface area contributed by atoms with Gasteiger partial charge < -0.3 is 0 Å². The lowest BCUT2D eigenvalue weighted by molar-refractivity contribution is 0.328. The maximum absolute atomic E-state index is 2.49. The molecule has 0 N–H and O–H groups in total. The summed E-state index contributed by atoms with van der Waals surface area (Å²) in [7, 11) is 0. The molecule has 0 aliphatic heterocycles. The van der Waals surface area contributed by atoms with Crippen LogP contribution in [-0.4, -0.2) is 0 Å². The molecule has 0 radical (unpaired) electrons. The van der Waals surface area contributed by atoms with Gasteiger partial charge in [-0.25, -0.2) is 0 Å². The quantitative estimate of drug-likeness (QED) is 0.540. The van der Waals surface area contributed by atoms with E-state index in [-0.39, 0.29) is 0 Å². The summed E-state index contributed by atoms with van der Waals surface area (Å²) in [6.07, 6.45) is 3.02. The molecule has 0 heteroatoms. The molecular formula is C11H20. The highest BCUT2D eigenvalue weighted by Crippen LogP contribution is 2.69. The molecule has 4 unspecified atom stereocenters. The van der Waals surface area contributed by atoms with Gasteiger partial charge in [-0.2, -0.15) is 0 Å². The lowest BCUT2D eigenvalue weighted by atomic mass is 9.88. The Morgan fingerprint density at radius 1 is 1.36 bits per heavy atom. The van der Waals surface area contributed by atoms with Crippen molar-refractivity contribution in [2.45, 2.75) is 40.5 Å². The highest BCUT2D eigenvalue weighted by molar-refractivity contribution is 5.11. The second kappa shape index (κ2) is 2.02. The first-order valence-electron chi connectivity index (χ1n) is 5.05. The van der Waals surface area contributed by atoms with Crippen LogP contribution in [0.15, 0.2) is 0 Å². The molecule has 11 heavy (non-hydrogen) atoms. The fourth-order valence-electron chi connectivity index (χ4n) is 3.20. The van der Waals surface area contributed by atoms with Crippen molar-refractivity contribution in [3.05, 3.63) is 0 Å². The molecule has 0 saturated heterocycles. The van der Waals surface area contributed by atoms with Crippen molar-refractivity contribution in [3.63, 3.8) is 0 Å². The zero-order valence-electron chi connectivity index (χ0n) is 8.22. The Morgan fingerprint density at radius 2 is 2.00 bits per heavy atom. The normalized spacial score (nSPS) is 54.8. The van der Waals surface area contributed by atoms with Crippen LogP contribution in [0.5, 0.6) is 0 Å². The van der Waals surface area contributed by atoms with Gasteiger partial charge in [0.05, 0.1) is 0 Å². The third-order valence-corrected chi connectivity index (χ3v) is 4.47. The molecule has 2 rings (SSSR count). The van der Waals surface area contributed by atoms with Gasteiger partial charge in [-0.05, 0) is 41.9 Å². The lowest BCUT2D eigenvalue weighted by Gasteiger charge is -2.17. The van der Waals surface area contributed by atoms with Gasteiger partial charge in [0.1, 0.15) is 0 Å². The van der Waals surface area contributed by atoms with Gasteiger partial charge in [0.15, 0.2) is 0 Å². The molecule has 64 valence electrons. The summed E-state index contributed by atoms with van der Waals surface area (Å²) >= 11 is 0. The Morgan fingerprint density at radius 3 is 2.18 bits per heavy atom. The van der Waals surface area contributed by atoms with Gasteiger partial charge in [0.2, 0.25) is 0 Å². The van der Waals surface area contributed by atoms with Crippen LogP contribution in [0.1, 0.15) is 40.5 Å². The minimum absolute atomic E-state index is 0.773. The van der Waals surface area contributed by atoms with Gasteiger partial charge in [-0.3, -0.25) is 0 Å². The largest absolute Gasteiger partial charge is 0.0625 e. The maximum atomic E-state index is 2.49. The van der Waals surface area contributed by atoms with Crippen molar-refractivity contribution < 1.29 is 0 Å². The molecule has 2 aliphatic carbocycles. The van der Waals surface area contributed by atoms with Crippen LogP contribution in [-0.2, 0) is 0 Å². The average molecular weight is 152 g/mol. The average Bonchev–Trinajstić information content (AvgIpc) is 2.51. The zero-order chi connectivity index (χ0) is 8.22. The Labute approximate surface area is 70.4 Å². The highest BCUT2D eigenvalue weighted by Gasteiger charge is 2.62. The second-order valence-corrected chi connectivity index (χ2v) is 5.36. The standard InChI is InChI=1S/C11H20/c1-7(2)9-5-8(3)11(4)6-10(9)11/h7-10H,5-6H2,1-4H3. The Balaban J connectivity index is 2.10. The van der Waals surface area contributed by atoms with Crippen molar-refractivity contribution in [1.82, 2.24) is 0 Å². The van der Waals surface area contributed by atoms with Crippen LogP contribution in [0.25, 0.3) is 0 Å². The van der Waals surface area contributed by atoms with E-state index in [9.17, 15) is 0 Å². The molecule has 0 amide bonds. The topological polar surface area (TPSA) is 0 Å². The lowest BCUT2D eigenvalue weighted by Crippen LogP contribution is -2.08. The number of hydrogen-bond donors (Lipinski definition) is 0. The molecule has 0 aromatic carbocycles. The van der Waals surface area contributed by atoms with E-state index in [0.29, 0.717) is 0 Å². The third kappa shape index (κ3) is 0.878. The highest BCUT2D eigenvalue weighted by atomic mass is 14.7. The van der Waals surface area contributed by atoms with Crippen molar-refractivity contribution in [3.8, 4) is 0 Å². The van der Waals surface area contributed by atoms with E-state index < -0.39 is 0 Å². The zero-order valence-corrected chi connectivity index (χ0v) is 8.22. The summed E-state index contributed by atoms with van der Waals surface area (Å²) in [5.74, 6) is 4.07. The SMILES string of the molecule is CC(C)C1CC(C)C2(C)CC12. The summed E-state index contributed by atoms with van der Waals surface area (Å²) in [5, 5.41) is 0. The van der Waals surface area contributed by atoms with E-state index in [0.717, 1.165) is 29.1 Å². The fraction of sp³-hybridized carbons (Fsp3) is 1.00. The molecular weight excluding hydrogens is 132 g/mol. The molecule has 2 aliphatic rings. The van der Waals surface area contributed by atoms with E-state index in [4.69, 9.17) is 0 Å². The van der Waals surface area contributed by atoms with Crippen LogP contribution >= 0.6 is 0 Å². The second-order valence-electron chi connectivity index (χ2n) is 5.36. The van der Waals surface area contributed by atoms with Gasteiger partial charge in [-0.15, -0.1) is 0 Å². The van der Waals surface area contributed by atoms with Crippen molar-refractivity contribution in [2.24, 2.45) is 29.1 Å². The van der Waals surface area contributed by atoms with Crippen LogP contribution in [0.3, 0.4) is 0 Å². The molecule has 0 aromatic heterocycles. The molecule has 0 bridgehead atoms. The fourth-order valence-corrected chi connectivity index (χ4v) is 3.20. The number of rotatable bonds is 1. The molecule has 2 fully saturated rings. The summed E-state index contributed by atoms with van der Waals surface area (Å²) in [4.78, 5) is 0. The number of hydrogen-bond acceptors (Lipinski definition) is 0. The van der Waals surface area contributed by atoms with Crippen LogP contribution in [0.4, 0.5) is 0 Å². The summed E-state index contributed by atoms with van der Waals surface area (Å²) in [6.45, 7) is 9.72. The molecule has 0 nitrogen and oxygen atoms in total.